The van der Waals surface area contributed by atoms with Crippen molar-refractivity contribution in [2.45, 2.75) is 6.54 Å². The molecule has 13 heavy (non-hydrogen) atoms. The third-order valence-corrected chi connectivity index (χ3v) is 1.61. The second-order valence-electron chi connectivity index (χ2n) is 2.65. The van der Waals surface area contributed by atoms with Crippen LogP contribution in [0.15, 0.2) is 30.3 Å². The van der Waals surface area contributed by atoms with Gasteiger partial charge < -0.3 is 4.74 Å². The van der Waals surface area contributed by atoms with Gasteiger partial charge in [-0.05, 0) is 5.56 Å². The second kappa shape index (κ2) is 6.60. The molecule has 0 aromatic heterocycles. The van der Waals surface area contributed by atoms with Crippen LogP contribution in [0.2, 0.25) is 0 Å². The maximum absolute atomic E-state index is 5.10. The van der Waals surface area contributed by atoms with E-state index in [0.29, 0.717) is 13.2 Å². The van der Waals surface area contributed by atoms with E-state index in [1.807, 2.05) is 30.3 Å². The summed E-state index contributed by atoms with van der Waals surface area (Å²) in [7, 11) is 1.65. The van der Waals surface area contributed by atoms with Crippen LogP contribution in [0.3, 0.4) is 0 Å². The molecule has 0 atom stereocenters. The SMILES string of the molecule is COCCONCc1ccccc1. The summed E-state index contributed by atoms with van der Waals surface area (Å²) >= 11 is 0. The van der Waals surface area contributed by atoms with Crippen LogP contribution in [-0.4, -0.2) is 20.3 Å². The number of methoxy groups -OCH3 is 1. The summed E-state index contributed by atoms with van der Waals surface area (Å²) in [6.45, 7) is 1.91. The van der Waals surface area contributed by atoms with Gasteiger partial charge in [0.2, 0.25) is 0 Å². The first-order valence-corrected chi connectivity index (χ1v) is 4.31. The van der Waals surface area contributed by atoms with Crippen LogP contribution < -0.4 is 5.48 Å². The standard InChI is InChI=1S/C10H15NO2/c1-12-7-8-13-11-9-10-5-3-2-4-6-10/h2-6,11H,7-9H2,1H3. The van der Waals surface area contributed by atoms with E-state index in [1.165, 1.54) is 5.56 Å². The molecule has 0 fully saturated rings. The molecule has 0 bridgehead atoms. The van der Waals surface area contributed by atoms with Crippen LogP contribution >= 0.6 is 0 Å². The van der Waals surface area contributed by atoms with E-state index in [2.05, 4.69) is 5.48 Å². The van der Waals surface area contributed by atoms with Gasteiger partial charge in [-0.2, -0.15) is 5.48 Å². The highest BCUT2D eigenvalue weighted by Gasteiger charge is 1.89. The number of nitrogens with one attached hydrogen (secondary N) is 1. The zero-order valence-electron chi connectivity index (χ0n) is 7.82. The van der Waals surface area contributed by atoms with Crippen molar-refractivity contribution < 1.29 is 9.57 Å². The van der Waals surface area contributed by atoms with Crippen molar-refractivity contribution in [1.82, 2.24) is 5.48 Å². The summed E-state index contributed by atoms with van der Waals surface area (Å²) in [5.74, 6) is 0. The van der Waals surface area contributed by atoms with Gasteiger partial charge in [0.25, 0.3) is 0 Å². The van der Waals surface area contributed by atoms with Gasteiger partial charge in [0.1, 0.15) is 0 Å². The van der Waals surface area contributed by atoms with Crippen LogP contribution in [0.1, 0.15) is 5.56 Å². The third-order valence-electron chi connectivity index (χ3n) is 1.61. The first-order chi connectivity index (χ1) is 6.43. The van der Waals surface area contributed by atoms with E-state index >= 15 is 0 Å². The van der Waals surface area contributed by atoms with Crippen LogP contribution in [0, 0.1) is 0 Å². The van der Waals surface area contributed by atoms with Crippen molar-refractivity contribution in [2.75, 3.05) is 20.3 Å². The van der Waals surface area contributed by atoms with Gasteiger partial charge in [0.15, 0.2) is 0 Å². The van der Waals surface area contributed by atoms with E-state index < -0.39 is 0 Å². The van der Waals surface area contributed by atoms with Crippen molar-refractivity contribution in [3.63, 3.8) is 0 Å². The third kappa shape index (κ3) is 4.62. The second-order valence-corrected chi connectivity index (χ2v) is 2.65. The van der Waals surface area contributed by atoms with Gasteiger partial charge >= 0.3 is 0 Å². The van der Waals surface area contributed by atoms with E-state index in [-0.39, 0.29) is 0 Å². The fraction of sp³-hybridized carbons (Fsp3) is 0.400. The van der Waals surface area contributed by atoms with E-state index in [9.17, 15) is 0 Å². The summed E-state index contributed by atoms with van der Waals surface area (Å²) in [5.41, 5.74) is 4.06. The lowest BCUT2D eigenvalue weighted by atomic mass is 10.2. The van der Waals surface area contributed by atoms with Gasteiger partial charge in [0, 0.05) is 13.7 Å². The molecule has 0 saturated heterocycles. The van der Waals surface area contributed by atoms with Crippen LogP contribution in [0.25, 0.3) is 0 Å². The van der Waals surface area contributed by atoms with Crippen LogP contribution in [-0.2, 0) is 16.1 Å². The summed E-state index contributed by atoms with van der Waals surface area (Å²) in [4.78, 5) is 5.10. The molecule has 0 aliphatic heterocycles. The maximum atomic E-state index is 5.10. The minimum atomic E-state index is 0.573. The minimum Gasteiger partial charge on any atom is -0.382 e. The van der Waals surface area contributed by atoms with Crippen molar-refractivity contribution in [3.05, 3.63) is 35.9 Å². The highest BCUT2D eigenvalue weighted by Crippen LogP contribution is 1.96. The summed E-state index contributed by atoms with van der Waals surface area (Å²) in [6, 6.07) is 10.1. The molecule has 0 amide bonds. The monoisotopic (exact) mass is 181 g/mol. The van der Waals surface area contributed by atoms with Crippen molar-refractivity contribution in [3.8, 4) is 0 Å². The minimum absolute atomic E-state index is 0.573. The highest BCUT2D eigenvalue weighted by atomic mass is 16.7. The Morgan fingerprint density at radius 3 is 2.62 bits per heavy atom. The lowest BCUT2D eigenvalue weighted by Crippen LogP contribution is -2.16. The molecule has 0 aliphatic rings. The van der Waals surface area contributed by atoms with Crippen LogP contribution in [0.5, 0.6) is 0 Å². The lowest BCUT2D eigenvalue weighted by Gasteiger charge is -2.04. The Morgan fingerprint density at radius 2 is 1.92 bits per heavy atom. The molecule has 1 N–H and O–H groups in total. The number of benzene rings is 1. The molecule has 3 heteroatoms. The zero-order chi connectivity index (χ0) is 9.36. The summed E-state index contributed by atoms with van der Waals surface area (Å²) in [5, 5.41) is 0. The quantitative estimate of drug-likeness (QED) is 0.531. The molecule has 0 unspecified atom stereocenters. The number of hydrogen-bond acceptors (Lipinski definition) is 3. The zero-order valence-corrected chi connectivity index (χ0v) is 7.82. The molecule has 72 valence electrons. The summed E-state index contributed by atoms with van der Waals surface area (Å²) < 4.78 is 4.83. The van der Waals surface area contributed by atoms with Gasteiger partial charge in [-0.15, -0.1) is 0 Å². The Kier molecular flexibility index (Phi) is 5.17. The molecular formula is C10H15NO2. The first-order valence-electron chi connectivity index (χ1n) is 4.31. The molecule has 0 radical (unpaired) electrons. The van der Waals surface area contributed by atoms with E-state index in [4.69, 9.17) is 9.57 Å². The average molecular weight is 181 g/mol. The van der Waals surface area contributed by atoms with Gasteiger partial charge in [0.05, 0.1) is 13.2 Å². The first kappa shape index (κ1) is 10.2. The number of hydroxylamine groups is 1. The largest absolute Gasteiger partial charge is 0.382 e. The van der Waals surface area contributed by atoms with E-state index in [0.717, 1.165) is 6.54 Å². The predicted molar refractivity (Wildman–Crippen MR) is 51.1 cm³/mol. The maximum Gasteiger partial charge on any atom is 0.0916 e. The predicted octanol–water partition coefficient (Wildman–Crippen LogP) is 1.35. The Morgan fingerprint density at radius 1 is 1.15 bits per heavy atom. The molecule has 1 aromatic carbocycles. The van der Waals surface area contributed by atoms with Crippen molar-refractivity contribution in [2.24, 2.45) is 0 Å². The summed E-state index contributed by atoms with van der Waals surface area (Å²) in [6.07, 6.45) is 0. The molecule has 0 aliphatic carbocycles. The fourth-order valence-electron chi connectivity index (χ4n) is 0.927. The molecular weight excluding hydrogens is 166 g/mol. The fourth-order valence-corrected chi connectivity index (χ4v) is 0.927. The van der Waals surface area contributed by atoms with Gasteiger partial charge in [-0.3, -0.25) is 4.84 Å². The molecule has 1 rings (SSSR count). The van der Waals surface area contributed by atoms with Crippen molar-refractivity contribution in [1.29, 1.82) is 0 Å². The Hall–Kier alpha value is -0.900. The van der Waals surface area contributed by atoms with Crippen molar-refractivity contribution >= 4 is 0 Å². The number of hydrogen-bond donors (Lipinski definition) is 1. The topological polar surface area (TPSA) is 30.5 Å². The lowest BCUT2D eigenvalue weighted by molar-refractivity contribution is 0.00346. The van der Waals surface area contributed by atoms with E-state index in [1.54, 1.807) is 7.11 Å². The molecule has 0 heterocycles. The Bertz CT molecular complexity index is 213. The Balaban J connectivity index is 2.07. The molecule has 3 nitrogen and oxygen atoms in total. The smallest absolute Gasteiger partial charge is 0.0916 e. The highest BCUT2D eigenvalue weighted by molar-refractivity contribution is 5.13. The van der Waals surface area contributed by atoms with Crippen LogP contribution in [0.4, 0.5) is 0 Å². The number of rotatable bonds is 6. The van der Waals surface area contributed by atoms with Gasteiger partial charge in [-0.25, -0.2) is 0 Å². The molecule has 0 saturated carbocycles. The average Bonchev–Trinajstić information content (AvgIpc) is 2.19. The Labute approximate surface area is 78.6 Å². The number of ether oxygens (including phenoxy) is 1. The van der Waals surface area contributed by atoms with Gasteiger partial charge in [-0.1, -0.05) is 30.3 Å². The molecule has 0 spiro atoms. The molecule has 1 aromatic rings. The normalized spacial score (nSPS) is 10.2.